The largest absolute Gasteiger partial charge is 0.346 e. The molecule has 4 aromatic rings. The molecule has 0 saturated heterocycles. The second-order valence-corrected chi connectivity index (χ2v) is 6.81. The second kappa shape index (κ2) is 8.48. The van der Waals surface area contributed by atoms with E-state index in [0.29, 0.717) is 18.1 Å². The van der Waals surface area contributed by atoms with Gasteiger partial charge in [-0.15, -0.1) is 0 Å². The Balaban J connectivity index is 1.36. The van der Waals surface area contributed by atoms with E-state index in [-0.39, 0.29) is 11.9 Å². The Labute approximate surface area is 169 Å². The van der Waals surface area contributed by atoms with E-state index >= 15 is 0 Å². The summed E-state index contributed by atoms with van der Waals surface area (Å²) in [5.41, 5.74) is 4.13. The topological polar surface area (TPSA) is 83.6 Å². The van der Waals surface area contributed by atoms with Crippen molar-refractivity contribution >= 4 is 5.91 Å². The molecule has 0 radical (unpaired) electrons. The van der Waals surface area contributed by atoms with Crippen LogP contribution in [0.15, 0.2) is 79.1 Å². The third-order valence-electron chi connectivity index (χ3n) is 4.65. The van der Waals surface area contributed by atoms with Crippen LogP contribution >= 0.6 is 0 Å². The zero-order chi connectivity index (χ0) is 20.1. The van der Waals surface area contributed by atoms with Gasteiger partial charge in [0.25, 0.3) is 0 Å². The Morgan fingerprint density at radius 3 is 2.34 bits per heavy atom. The van der Waals surface area contributed by atoms with Gasteiger partial charge in [0.05, 0.1) is 12.5 Å². The van der Waals surface area contributed by atoms with Gasteiger partial charge in [-0.2, -0.15) is 5.10 Å². The molecule has 2 aromatic carbocycles. The number of H-pyrrole nitrogens is 1. The van der Waals surface area contributed by atoms with Crippen LogP contribution in [0.5, 0.6) is 0 Å². The molecule has 0 bridgehead atoms. The molecule has 0 aliphatic rings. The van der Waals surface area contributed by atoms with Crippen molar-refractivity contribution in [1.29, 1.82) is 0 Å². The van der Waals surface area contributed by atoms with Gasteiger partial charge in [0.1, 0.15) is 5.82 Å². The van der Waals surface area contributed by atoms with E-state index in [1.165, 1.54) is 0 Å². The molecule has 29 heavy (non-hydrogen) atoms. The van der Waals surface area contributed by atoms with Crippen LogP contribution in [0.1, 0.15) is 24.4 Å². The lowest BCUT2D eigenvalue weighted by molar-refractivity contribution is -0.121. The summed E-state index contributed by atoms with van der Waals surface area (Å²) in [6, 6.07) is 21.6. The maximum absolute atomic E-state index is 12.4. The molecule has 144 valence electrons. The maximum Gasteiger partial charge on any atom is 0.224 e. The van der Waals surface area contributed by atoms with Gasteiger partial charge in [-0.3, -0.25) is 14.9 Å². The Morgan fingerprint density at radius 2 is 1.62 bits per heavy atom. The van der Waals surface area contributed by atoms with E-state index in [9.17, 15) is 4.79 Å². The molecular formula is C23H21N5O. The predicted molar refractivity (Wildman–Crippen MR) is 112 cm³/mol. The molecule has 1 unspecified atom stereocenters. The molecule has 4 rings (SSSR count). The third kappa shape index (κ3) is 4.55. The van der Waals surface area contributed by atoms with Gasteiger partial charge in [-0.05, 0) is 35.7 Å². The summed E-state index contributed by atoms with van der Waals surface area (Å²) in [7, 11) is 0. The zero-order valence-corrected chi connectivity index (χ0v) is 16.0. The summed E-state index contributed by atoms with van der Waals surface area (Å²) in [5.74, 6) is 1.14. The Morgan fingerprint density at radius 1 is 0.931 bits per heavy atom. The summed E-state index contributed by atoms with van der Waals surface area (Å²) < 4.78 is 0. The first-order valence-corrected chi connectivity index (χ1v) is 9.45. The lowest BCUT2D eigenvalue weighted by atomic mass is 10.0. The molecule has 2 heterocycles. The first-order valence-electron chi connectivity index (χ1n) is 9.45. The summed E-state index contributed by atoms with van der Waals surface area (Å²) in [5, 5.41) is 10.1. The Bertz CT molecular complexity index is 1080. The highest BCUT2D eigenvalue weighted by Crippen LogP contribution is 2.20. The molecule has 0 fully saturated rings. The summed E-state index contributed by atoms with van der Waals surface area (Å²) >= 11 is 0. The van der Waals surface area contributed by atoms with Gasteiger partial charge in [0.2, 0.25) is 5.91 Å². The van der Waals surface area contributed by atoms with Crippen molar-refractivity contribution in [3.8, 4) is 22.5 Å². The molecule has 2 aromatic heterocycles. The average Bonchev–Trinajstić information content (AvgIpc) is 3.26. The SMILES string of the molecule is CC(NC(=O)Cc1ccc(-c2ccccc2)cc1)c1nc(-c2ccncc2)n[nH]1. The first-order chi connectivity index (χ1) is 14.2. The number of nitrogens with zero attached hydrogens (tertiary/aromatic N) is 3. The number of carbonyl (C=O) groups is 1. The van der Waals surface area contributed by atoms with Crippen LogP contribution in [0.2, 0.25) is 0 Å². The van der Waals surface area contributed by atoms with E-state index in [1.54, 1.807) is 12.4 Å². The number of hydrogen-bond donors (Lipinski definition) is 2. The van der Waals surface area contributed by atoms with Crippen molar-refractivity contribution in [2.75, 3.05) is 0 Å². The zero-order valence-electron chi connectivity index (χ0n) is 16.0. The minimum atomic E-state index is -0.269. The number of rotatable bonds is 6. The van der Waals surface area contributed by atoms with Gasteiger partial charge in [0.15, 0.2) is 5.82 Å². The number of benzene rings is 2. The average molecular weight is 383 g/mol. The number of pyridine rings is 1. The first kappa shape index (κ1) is 18.6. The van der Waals surface area contributed by atoms with Crippen molar-refractivity contribution in [1.82, 2.24) is 25.5 Å². The highest BCUT2D eigenvalue weighted by Gasteiger charge is 2.15. The fraction of sp³-hybridized carbons (Fsp3) is 0.130. The van der Waals surface area contributed by atoms with Gasteiger partial charge in [-0.25, -0.2) is 4.98 Å². The fourth-order valence-electron chi connectivity index (χ4n) is 3.09. The van der Waals surface area contributed by atoms with Crippen LogP contribution in [-0.4, -0.2) is 26.1 Å². The highest BCUT2D eigenvalue weighted by atomic mass is 16.1. The summed E-state index contributed by atoms with van der Waals surface area (Å²) in [6.07, 6.45) is 3.70. The molecule has 6 nitrogen and oxygen atoms in total. The molecule has 2 N–H and O–H groups in total. The normalized spacial score (nSPS) is 11.8. The number of amides is 1. The minimum absolute atomic E-state index is 0.0631. The van der Waals surface area contributed by atoms with E-state index in [1.807, 2.05) is 61.5 Å². The molecular weight excluding hydrogens is 362 g/mol. The maximum atomic E-state index is 12.4. The lowest BCUT2D eigenvalue weighted by Gasteiger charge is -2.11. The highest BCUT2D eigenvalue weighted by molar-refractivity contribution is 5.79. The van der Waals surface area contributed by atoms with Crippen LogP contribution in [0.4, 0.5) is 0 Å². The number of aromatic amines is 1. The Hall–Kier alpha value is -3.80. The molecule has 0 saturated carbocycles. The quantitative estimate of drug-likeness (QED) is 0.528. The smallest absolute Gasteiger partial charge is 0.224 e. The van der Waals surface area contributed by atoms with Crippen molar-refractivity contribution < 1.29 is 4.79 Å². The van der Waals surface area contributed by atoms with Crippen LogP contribution in [0, 0.1) is 0 Å². The van der Waals surface area contributed by atoms with E-state index in [0.717, 1.165) is 22.3 Å². The molecule has 6 heteroatoms. The molecule has 0 aliphatic heterocycles. The monoisotopic (exact) mass is 383 g/mol. The third-order valence-corrected chi connectivity index (χ3v) is 4.65. The Kier molecular flexibility index (Phi) is 5.42. The lowest BCUT2D eigenvalue weighted by Crippen LogP contribution is -2.28. The number of hydrogen-bond acceptors (Lipinski definition) is 4. The van der Waals surface area contributed by atoms with Crippen LogP contribution in [0.25, 0.3) is 22.5 Å². The van der Waals surface area contributed by atoms with Crippen molar-refractivity contribution in [3.63, 3.8) is 0 Å². The van der Waals surface area contributed by atoms with Crippen molar-refractivity contribution in [2.24, 2.45) is 0 Å². The van der Waals surface area contributed by atoms with Gasteiger partial charge in [0, 0.05) is 18.0 Å². The van der Waals surface area contributed by atoms with E-state index < -0.39 is 0 Å². The minimum Gasteiger partial charge on any atom is -0.346 e. The van der Waals surface area contributed by atoms with Crippen LogP contribution in [0.3, 0.4) is 0 Å². The second-order valence-electron chi connectivity index (χ2n) is 6.81. The standard InChI is InChI=1S/C23H21N5O/c1-16(22-26-23(28-27-22)20-11-13-24-14-12-20)25-21(29)15-17-7-9-19(10-8-17)18-5-3-2-4-6-18/h2-14,16H,15H2,1H3,(H,25,29)(H,26,27,28). The van der Waals surface area contributed by atoms with E-state index in [4.69, 9.17) is 0 Å². The number of nitrogens with one attached hydrogen (secondary N) is 2. The molecule has 0 aliphatic carbocycles. The predicted octanol–water partition coefficient (Wildman–Crippen LogP) is 3.95. The summed E-state index contributed by atoms with van der Waals surface area (Å²) in [4.78, 5) is 20.9. The molecule has 1 atom stereocenters. The van der Waals surface area contributed by atoms with Gasteiger partial charge in [-0.1, -0.05) is 54.6 Å². The summed E-state index contributed by atoms with van der Waals surface area (Å²) in [6.45, 7) is 1.88. The fourth-order valence-corrected chi connectivity index (χ4v) is 3.09. The van der Waals surface area contributed by atoms with Gasteiger partial charge < -0.3 is 5.32 Å². The molecule has 1 amide bonds. The van der Waals surface area contributed by atoms with Crippen molar-refractivity contribution in [3.05, 3.63) is 90.5 Å². The van der Waals surface area contributed by atoms with Crippen LogP contribution < -0.4 is 5.32 Å². The molecule has 0 spiro atoms. The van der Waals surface area contributed by atoms with Crippen LogP contribution in [-0.2, 0) is 11.2 Å². The van der Waals surface area contributed by atoms with Gasteiger partial charge >= 0.3 is 0 Å². The number of aromatic nitrogens is 4. The van der Waals surface area contributed by atoms with E-state index in [2.05, 4.69) is 37.6 Å². The van der Waals surface area contributed by atoms with Crippen molar-refractivity contribution in [2.45, 2.75) is 19.4 Å². The number of carbonyl (C=O) groups excluding carboxylic acids is 1.